The molecule has 152 valence electrons. The molecule has 0 aliphatic heterocycles. The molecule has 0 saturated heterocycles. The number of para-hydroxylation sites is 1. The van der Waals surface area contributed by atoms with Crippen LogP contribution in [0.1, 0.15) is 26.3 Å². The summed E-state index contributed by atoms with van der Waals surface area (Å²) < 4.78 is 2.52. The van der Waals surface area contributed by atoms with Gasteiger partial charge in [0.2, 0.25) is 5.91 Å². The molecule has 2 aromatic carbocycles. The quantitative estimate of drug-likeness (QED) is 0.382. The van der Waals surface area contributed by atoms with E-state index in [1.54, 1.807) is 10.6 Å². The smallest absolute Gasteiger partial charge is 0.262 e. The molecule has 3 aromatic rings. The summed E-state index contributed by atoms with van der Waals surface area (Å²) in [5.74, 6) is 0.353. The average Bonchev–Trinajstić information content (AvgIpc) is 2.69. The maximum absolute atomic E-state index is 13.0. The van der Waals surface area contributed by atoms with Gasteiger partial charge in [0.05, 0.1) is 16.7 Å². The van der Waals surface area contributed by atoms with E-state index in [4.69, 9.17) is 0 Å². The number of hydrogen-bond acceptors (Lipinski definition) is 4. The van der Waals surface area contributed by atoms with Crippen molar-refractivity contribution in [2.75, 3.05) is 11.1 Å². The van der Waals surface area contributed by atoms with E-state index < -0.39 is 0 Å². The lowest BCUT2D eigenvalue weighted by Crippen LogP contribution is -2.26. The number of aryl methyl sites for hydroxylation is 1. The van der Waals surface area contributed by atoms with Gasteiger partial charge in [-0.05, 0) is 42.2 Å². The van der Waals surface area contributed by atoms with Gasteiger partial charge in [-0.2, -0.15) is 0 Å². The Hall–Kier alpha value is -2.12. The second-order valence-corrected chi connectivity index (χ2v) is 9.07. The van der Waals surface area contributed by atoms with Crippen molar-refractivity contribution in [2.24, 2.45) is 5.92 Å². The van der Waals surface area contributed by atoms with Gasteiger partial charge in [-0.15, -0.1) is 0 Å². The normalized spacial score (nSPS) is 11.2. The minimum atomic E-state index is -0.114. The van der Waals surface area contributed by atoms with Crippen molar-refractivity contribution in [2.45, 2.75) is 38.9 Å². The Morgan fingerprint density at radius 3 is 2.72 bits per heavy atom. The second-order valence-electron chi connectivity index (χ2n) is 7.21. The van der Waals surface area contributed by atoms with Gasteiger partial charge in [0, 0.05) is 16.7 Å². The molecule has 5 nitrogen and oxygen atoms in total. The van der Waals surface area contributed by atoms with Crippen LogP contribution < -0.4 is 10.9 Å². The van der Waals surface area contributed by atoms with Crippen LogP contribution in [0.15, 0.2) is 56.9 Å². The lowest BCUT2D eigenvalue weighted by Gasteiger charge is -2.15. The van der Waals surface area contributed by atoms with Crippen LogP contribution in [0, 0.1) is 5.92 Å². The first-order chi connectivity index (χ1) is 13.9. The highest BCUT2D eigenvalue weighted by Gasteiger charge is 2.15. The van der Waals surface area contributed by atoms with Crippen LogP contribution in [-0.2, 0) is 17.8 Å². The van der Waals surface area contributed by atoms with Crippen LogP contribution in [0.4, 0.5) is 5.69 Å². The summed E-state index contributed by atoms with van der Waals surface area (Å²) in [6.07, 6.45) is 0.847. The molecule has 29 heavy (non-hydrogen) atoms. The summed E-state index contributed by atoms with van der Waals surface area (Å²) in [5.41, 5.74) is 2.48. The minimum Gasteiger partial charge on any atom is -0.325 e. The van der Waals surface area contributed by atoms with E-state index in [2.05, 4.69) is 47.0 Å². The molecule has 0 aliphatic rings. The summed E-state index contributed by atoms with van der Waals surface area (Å²) >= 11 is 4.71. The van der Waals surface area contributed by atoms with E-state index in [0.717, 1.165) is 22.1 Å². The lowest BCUT2D eigenvalue weighted by atomic mass is 10.1. The van der Waals surface area contributed by atoms with Crippen LogP contribution >= 0.6 is 27.7 Å². The van der Waals surface area contributed by atoms with E-state index in [9.17, 15) is 9.59 Å². The minimum absolute atomic E-state index is 0.0794. The Morgan fingerprint density at radius 2 is 2.00 bits per heavy atom. The Morgan fingerprint density at radius 1 is 1.24 bits per heavy atom. The fourth-order valence-corrected chi connectivity index (χ4v) is 4.25. The van der Waals surface area contributed by atoms with Crippen LogP contribution in [-0.4, -0.2) is 21.2 Å². The molecule has 0 spiro atoms. The third-order valence-electron chi connectivity index (χ3n) is 4.43. The highest BCUT2D eigenvalue weighted by atomic mass is 79.9. The molecule has 0 fully saturated rings. The second kappa shape index (κ2) is 9.59. The van der Waals surface area contributed by atoms with Crippen molar-refractivity contribution >= 4 is 50.2 Å². The number of halogens is 1. The van der Waals surface area contributed by atoms with Crippen molar-refractivity contribution < 1.29 is 4.79 Å². The fraction of sp³-hybridized carbons (Fsp3) is 0.318. The largest absolute Gasteiger partial charge is 0.325 e. The molecule has 0 aliphatic carbocycles. The molecule has 0 saturated carbocycles. The fourth-order valence-electron chi connectivity index (χ4n) is 3.08. The number of benzene rings is 2. The number of aromatic nitrogens is 2. The van der Waals surface area contributed by atoms with Crippen molar-refractivity contribution in [1.29, 1.82) is 0 Å². The molecule has 0 unspecified atom stereocenters. The zero-order valence-electron chi connectivity index (χ0n) is 16.7. The molecule has 1 amide bonds. The maximum Gasteiger partial charge on any atom is 0.262 e. The van der Waals surface area contributed by atoms with E-state index in [-0.39, 0.29) is 23.1 Å². The number of nitrogens with zero attached hydrogens (tertiary/aromatic N) is 2. The van der Waals surface area contributed by atoms with Gasteiger partial charge < -0.3 is 5.32 Å². The number of carbonyl (C=O) groups is 1. The Kier molecular flexibility index (Phi) is 7.14. The number of carbonyl (C=O) groups excluding carboxylic acids is 1. The van der Waals surface area contributed by atoms with Gasteiger partial charge >= 0.3 is 0 Å². The highest BCUT2D eigenvalue weighted by Crippen LogP contribution is 2.22. The molecule has 0 atom stereocenters. The van der Waals surface area contributed by atoms with Gasteiger partial charge in [-0.3, -0.25) is 14.2 Å². The number of nitrogens with one attached hydrogen (secondary N) is 1. The molecule has 1 heterocycles. The average molecular weight is 474 g/mol. The van der Waals surface area contributed by atoms with Crippen molar-refractivity contribution in [3.8, 4) is 0 Å². The summed E-state index contributed by atoms with van der Waals surface area (Å²) in [5, 5.41) is 4.11. The molecule has 7 heteroatoms. The number of rotatable bonds is 7. The predicted octanol–water partition coefficient (Wildman–Crippen LogP) is 5.11. The Bertz CT molecular complexity index is 1100. The van der Waals surface area contributed by atoms with Crippen LogP contribution in [0.5, 0.6) is 0 Å². The predicted molar refractivity (Wildman–Crippen MR) is 124 cm³/mol. The first kappa shape index (κ1) is 21.6. The highest BCUT2D eigenvalue weighted by molar-refractivity contribution is 9.10. The van der Waals surface area contributed by atoms with Crippen molar-refractivity contribution in [3.63, 3.8) is 0 Å². The van der Waals surface area contributed by atoms with Gasteiger partial charge in [0.25, 0.3) is 5.56 Å². The van der Waals surface area contributed by atoms with E-state index in [0.29, 0.717) is 22.6 Å². The van der Waals surface area contributed by atoms with Crippen molar-refractivity contribution in [3.05, 3.63) is 62.9 Å². The van der Waals surface area contributed by atoms with Crippen molar-refractivity contribution in [1.82, 2.24) is 9.55 Å². The SMILES string of the molecule is CCc1ccccc1NC(=O)CSc1nc2ccc(Br)cc2c(=O)n1CC(C)C. The number of hydrogen-bond donors (Lipinski definition) is 1. The molecule has 1 aromatic heterocycles. The molecule has 0 bridgehead atoms. The third kappa shape index (κ3) is 5.28. The monoisotopic (exact) mass is 473 g/mol. The molecule has 0 radical (unpaired) electrons. The Labute approximate surface area is 183 Å². The zero-order chi connectivity index (χ0) is 21.0. The van der Waals surface area contributed by atoms with E-state index in [1.165, 1.54) is 11.8 Å². The van der Waals surface area contributed by atoms with E-state index in [1.807, 2.05) is 36.4 Å². The maximum atomic E-state index is 13.0. The number of fused-ring (bicyclic) bond motifs is 1. The lowest BCUT2D eigenvalue weighted by molar-refractivity contribution is -0.113. The Balaban J connectivity index is 1.85. The van der Waals surface area contributed by atoms with E-state index >= 15 is 0 Å². The first-order valence-electron chi connectivity index (χ1n) is 9.59. The third-order valence-corrected chi connectivity index (χ3v) is 5.90. The zero-order valence-corrected chi connectivity index (χ0v) is 19.1. The van der Waals surface area contributed by atoms with Gasteiger partial charge in [-0.25, -0.2) is 4.98 Å². The van der Waals surface area contributed by atoms with Gasteiger partial charge in [-0.1, -0.05) is 66.7 Å². The summed E-state index contributed by atoms with van der Waals surface area (Å²) in [4.78, 5) is 30.2. The van der Waals surface area contributed by atoms with Gasteiger partial charge in [0.1, 0.15) is 0 Å². The number of anilines is 1. The molecular formula is C22H24BrN3O2S. The van der Waals surface area contributed by atoms with Crippen LogP contribution in [0.3, 0.4) is 0 Å². The number of thioether (sulfide) groups is 1. The molecule has 1 N–H and O–H groups in total. The van der Waals surface area contributed by atoms with Crippen LogP contribution in [0.25, 0.3) is 10.9 Å². The molecule has 3 rings (SSSR count). The number of amides is 1. The topological polar surface area (TPSA) is 64.0 Å². The molecular weight excluding hydrogens is 450 g/mol. The summed E-state index contributed by atoms with van der Waals surface area (Å²) in [6.45, 7) is 6.72. The van der Waals surface area contributed by atoms with Gasteiger partial charge in [0.15, 0.2) is 5.16 Å². The standard InChI is InChI=1S/C22H24BrN3O2S/c1-4-15-7-5-6-8-18(15)24-20(27)13-29-22-25-19-10-9-16(23)11-17(19)21(28)26(22)12-14(2)3/h5-11,14H,4,12-13H2,1-3H3,(H,24,27). The van der Waals surface area contributed by atoms with Crippen LogP contribution in [0.2, 0.25) is 0 Å². The summed E-state index contributed by atoms with van der Waals surface area (Å²) in [6, 6.07) is 13.3. The summed E-state index contributed by atoms with van der Waals surface area (Å²) in [7, 11) is 0. The first-order valence-corrected chi connectivity index (χ1v) is 11.4.